The molecule has 3 rings (SSSR count). The highest BCUT2D eigenvalue weighted by atomic mass is 16.5. The molecule has 19 heavy (non-hydrogen) atoms. The molecule has 1 N–H and O–H groups in total. The lowest BCUT2D eigenvalue weighted by molar-refractivity contribution is 0.289. The van der Waals surface area contributed by atoms with Crippen LogP contribution in [0, 0.1) is 0 Å². The molecule has 2 aromatic heterocycles. The number of pyridine rings is 1. The van der Waals surface area contributed by atoms with Crippen molar-refractivity contribution in [2.45, 2.75) is 37.6 Å². The Hall–Kier alpha value is -1.75. The van der Waals surface area contributed by atoms with E-state index in [1.165, 1.54) is 12.8 Å². The van der Waals surface area contributed by atoms with Gasteiger partial charge in [-0.05, 0) is 44.9 Å². The maximum absolute atomic E-state index is 5.42. The molecule has 0 saturated heterocycles. The van der Waals surface area contributed by atoms with Gasteiger partial charge in [-0.2, -0.15) is 4.98 Å². The van der Waals surface area contributed by atoms with Gasteiger partial charge in [-0.15, -0.1) is 0 Å². The maximum atomic E-state index is 5.42. The number of nitrogens with zero attached hydrogens (tertiary/aromatic N) is 3. The summed E-state index contributed by atoms with van der Waals surface area (Å²) in [7, 11) is 2.03. The highest BCUT2D eigenvalue weighted by Crippen LogP contribution is 2.32. The van der Waals surface area contributed by atoms with Gasteiger partial charge in [0.25, 0.3) is 0 Å². The fraction of sp³-hybridized carbons (Fsp3) is 0.500. The molecule has 5 nitrogen and oxygen atoms in total. The molecule has 0 aromatic carbocycles. The Morgan fingerprint density at radius 1 is 1.26 bits per heavy atom. The zero-order valence-electron chi connectivity index (χ0n) is 11.0. The van der Waals surface area contributed by atoms with Crippen molar-refractivity contribution in [3.8, 4) is 11.4 Å². The largest absolute Gasteiger partial charge is 0.339 e. The molecule has 0 bridgehead atoms. The molecule has 2 aromatic rings. The maximum Gasteiger partial charge on any atom is 0.230 e. The van der Waals surface area contributed by atoms with Gasteiger partial charge in [0.15, 0.2) is 0 Å². The van der Waals surface area contributed by atoms with Crippen molar-refractivity contribution in [1.29, 1.82) is 0 Å². The van der Waals surface area contributed by atoms with E-state index in [1.54, 1.807) is 12.4 Å². The van der Waals surface area contributed by atoms with E-state index in [2.05, 4.69) is 20.4 Å². The van der Waals surface area contributed by atoms with Gasteiger partial charge < -0.3 is 9.84 Å². The van der Waals surface area contributed by atoms with Crippen molar-refractivity contribution >= 4 is 0 Å². The quantitative estimate of drug-likeness (QED) is 0.915. The van der Waals surface area contributed by atoms with Crippen molar-refractivity contribution in [2.24, 2.45) is 0 Å². The first-order valence-corrected chi connectivity index (χ1v) is 6.78. The van der Waals surface area contributed by atoms with Crippen molar-refractivity contribution in [2.75, 3.05) is 7.05 Å². The lowest BCUT2D eigenvalue weighted by Gasteiger charge is -2.25. The van der Waals surface area contributed by atoms with Gasteiger partial charge in [-0.1, -0.05) is 5.16 Å². The minimum Gasteiger partial charge on any atom is -0.339 e. The Morgan fingerprint density at radius 2 is 2.11 bits per heavy atom. The van der Waals surface area contributed by atoms with Crippen LogP contribution in [0.4, 0.5) is 0 Å². The average molecular weight is 258 g/mol. The van der Waals surface area contributed by atoms with E-state index in [0.717, 1.165) is 24.3 Å². The van der Waals surface area contributed by atoms with Crippen LogP contribution in [0.3, 0.4) is 0 Å². The zero-order valence-corrected chi connectivity index (χ0v) is 11.0. The molecule has 1 aliphatic rings. The normalized spacial score (nSPS) is 23.4. The topological polar surface area (TPSA) is 63.8 Å². The summed E-state index contributed by atoms with van der Waals surface area (Å²) < 4.78 is 5.42. The second-order valence-electron chi connectivity index (χ2n) is 5.04. The highest BCUT2D eigenvalue weighted by molar-refractivity contribution is 5.51. The molecule has 5 heteroatoms. The smallest absolute Gasteiger partial charge is 0.230 e. The second-order valence-corrected chi connectivity index (χ2v) is 5.04. The van der Waals surface area contributed by atoms with Gasteiger partial charge in [0, 0.05) is 29.9 Å². The zero-order chi connectivity index (χ0) is 13.1. The number of nitrogens with one attached hydrogen (secondary N) is 1. The highest BCUT2D eigenvalue weighted by Gasteiger charge is 2.25. The van der Waals surface area contributed by atoms with Crippen LogP contribution in [-0.2, 0) is 0 Å². The Balaban J connectivity index is 1.72. The van der Waals surface area contributed by atoms with Gasteiger partial charge in [-0.3, -0.25) is 4.98 Å². The van der Waals surface area contributed by atoms with Gasteiger partial charge in [-0.25, -0.2) is 0 Å². The van der Waals surface area contributed by atoms with Crippen LogP contribution >= 0.6 is 0 Å². The van der Waals surface area contributed by atoms with E-state index in [4.69, 9.17) is 4.52 Å². The predicted molar refractivity (Wildman–Crippen MR) is 71.6 cm³/mol. The molecule has 2 heterocycles. The first-order valence-electron chi connectivity index (χ1n) is 6.78. The summed E-state index contributed by atoms with van der Waals surface area (Å²) in [6, 6.07) is 4.46. The van der Waals surface area contributed by atoms with E-state index in [9.17, 15) is 0 Å². The third-order valence-corrected chi connectivity index (χ3v) is 3.85. The monoisotopic (exact) mass is 258 g/mol. The minimum atomic E-state index is 0.405. The van der Waals surface area contributed by atoms with E-state index in [-0.39, 0.29) is 0 Å². The van der Waals surface area contributed by atoms with E-state index >= 15 is 0 Å². The van der Waals surface area contributed by atoms with Crippen molar-refractivity contribution in [3.63, 3.8) is 0 Å². The molecule has 1 saturated carbocycles. The van der Waals surface area contributed by atoms with Crippen LogP contribution in [0.5, 0.6) is 0 Å². The standard InChI is InChI=1S/C14H18N4O/c1-15-12-6-4-10(5-7-12)14-17-13(18-19-14)11-3-2-8-16-9-11/h2-3,8-10,12,15H,4-7H2,1H3. The summed E-state index contributed by atoms with van der Waals surface area (Å²) in [5.74, 6) is 1.81. The molecule has 0 atom stereocenters. The molecule has 0 amide bonds. The fourth-order valence-electron chi connectivity index (χ4n) is 2.64. The van der Waals surface area contributed by atoms with E-state index < -0.39 is 0 Å². The molecule has 100 valence electrons. The lowest BCUT2D eigenvalue weighted by Crippen LogP contribution is -2.29. The van der Waals surface area contributed by atoms with Crippen molar-refractivity contribution in [1.82, 2.24) is 20.4 Å². The van der Waals surface area contributed by atoms with Crippen LogP contribution in [0.1, 0.15) is 37.5 Å². The fourth-order valence-corrected chi connectivity index (χ4v) is 2.64. The van der Waals surface area contributed by atoms with Crippen molar-refractivity contribution in [3.05, 3.63) is 30.4 Å². The second kappa shape index (κ2) is 5.48. The lowest BCUT2D eigenvalue weighted by atomic mass is 9.86. The summed E-state index contributed by atoms with van der Waals surface area (Å²) in [6.07, 6.45) is 8.06. The molecule has 0 aliphatic heterocycles. The molecular formula is C14H18N4O. The summed E-state index contributed by atoms with van der Waals surface area (Å²) in [6.45, 7) is 0. The third-order valence-electron chi connectivity index (χ3n) is 3.85. The molecule has 0 radical (unpaired) electrons. The van der Waals surface area contributed by atoms with Crippen LogP contribution in [0.2, 0.25) is 0 Å². The Morgan fingerprint density at radius 3 is 2.79 bits per heavy atom. The number of rotatable bonds is 3. The number of hydrogen-bond donors (Lipinski definition) is 1. The van der Waals surface area contributed by atoms with Crippen LogP contribution in [0.25, 0.3) is 11.4 Å². The predicted octanol–water partition coefficient (Wildman–Crippen LogP) is 2.38. The summed E-state index contributed by atoms with van der Waals surface area (Å²) in [5.41, 5.74) is 0.904. The van der Waals surface area contributed by atoms with Crippen LogP contribution < -0.4 is 5.32 Å². The van der Waals surface area contributed by atoms with Gasteiger partial charge in [0.1, 0.15) is 0 Å². The molecule has 0 unspecified atom stereocenters. The third kappa shape index (κ3) is 2.66. The van der Waals surface area contributed by atoms with E-state index in [1.807, 2.05) is 19.2 Å². The van der Waals surface area contributed by atoms with Gasteiger partial charge in [0.05, 0.1) is 0 Å². The molecule has 1 fully saturated rings. The van der Waals surface area contributed by atoms with Gasteiger partial charge in [0.2, 0.25) is 11.7 Å². The SMILES string of the molecule is CNC1CCC(c2nc(-c3cccnc3)no2)CC1. The molecule has 0 spiro atoms. The molecule has 1 aliphatic carbocycles. The first kappa shape index (κ1) is 12.3. The van der Waals surface area contributed by atoms with Crippen molar-refractivity contribution < 1.29 is 4.52 Å². The minimum absolute atomic E-state index is 0.405. The Labute approximate surface area is 112 Å². The number of hydrogen-bond acceptors (Lipinski definition) is 5. The van der Waals surface area contributed by atoms with Crippen LogP contribution in [0.15, 0.2) is 29.0 Å². The average Bonchev–Trinajstić information content (AvgIpc) is 2.98. The number of aromatic nitrogens is 3. The van der Waals surface area contributed by atoms with E-state index in [0.29, 0.717) is 17.8 Å². The summed E-state index contributed by atoms with van der Waals surface area (Å²) >= 11 is 0. The Kier molecular flexibility index (Phi) is 3.55. The van der Waals surface area contributed by atoms with Crippen LogP contribution in [-0.4, -0.2) is 28.2 Å². The Bertz CT molecular complexity index is 517. The summed E-state index contributed by atoms with van der Waals surface area (Å²) in [5, 5.41) is 7.39. The molecular weight excluding hydrogens is 240 g/mol. The summed E-state index contributed by atoms with van der Waals surface area (Å²) in [4.78, 5) is 8.59. The van der Waals surface area contributed by atoms with Gasteiger partial charge >= 0.3 is 0 Å². The first-order chi connectivity index (χ1) is 9.36.